The van der Waals surface area contributed by atoms with Gasteiger partial charge in [-0.2, -0.15) is 0 Å². The first kappa shape index (κ1) is 13.8. The van der Waals surface area contributed by atoms with E-state index in [2.05, 4.69) is 15.1 Å². The SMILES string of the molecule is CC(=O)NCCN1CCN(c2ccc(F)cc2)CC1. The third-order valence-electron chi connectivity index (χ3n) is 3.37. The molecule has 1 saturated heterocycles. The van der Waals surface area contributed by atoms with Crippen LogP contribution in [0.15, 0.2) is 24.3 Å². The molecule has 5 heteroatoms. The van der Waals surface area contributed by atoms with Crippen LogP contribution in [-0.4, -0.2) is 50.1 Å². The predicted octanol–water partition coefficient (Wildman–Crippen LogP) is 1.08. The van der Waals surface area contributed by atoms with Crippen LogP contribution < -0.4 is 10.2 Å². The van der Waals surface area contributed by atoms with Crippen molar-refractivity contribution in [3.63, 3.8) is 0 Å². The summed E-state index contributed by atoms with van der Waals surface area (Å²) in [6.07, 6.45) is 0. The van der Waals surface area contributed by atoms with Gasteiger partial charge in [0.05, 0.1) is 0 Å². The Labute approximate surface area is 113 Å². The zero-order valence-corrected chi connectivity index (χ0v) is 11.2. The summed E-state index contributed by atoms with van der Waals surface area (Å²) in [6.45, 7) is 6.93. The summed E-state index contributed by atoms with van der Waals surface area (Å²) in [6, 6.07) is 6.64. The maximum atomic E-state index is 12.9. The molecule has 1 aromatic rings. The molecule has 1 N–H and O–H groups in total. The minimum Gasteiger partial charge on any atom is -0.369 e. The largest absolute Gasteiger partial charge is 0.369 e. The Kier molecular flexibility index (Phi) is 4.74. The number of anilines is 1. The van der Waals surface area contributed by atoms with Crippen LogP contribution in [0.1, 0.15) is 6.92 Å². The molecular weight excluding hydrogens is 245 g/mol. The van der Waals surface area contributed by atoms with E-state index in [0.29, 0.717) is 6.54 Å². The highest BCUT2D eigenvalue weighted by atomic mass is 19.1. The Balaban J connectivity index is 1.76. The van der Waals surface area contributed by atoms with Crippen molar-refractivity contribution in [1.82, 2.24) is 10.2 Å². The summed E-state index contributed by atoms with van der Waals surface area (Å²) < 4.78 is 12.9. The van der Waals surface area contributed by atoms with Gasteiger partial charge in [-0.15, -0.1) is 0 Å². The van der Waals surface area contributed by atoms with Crippen molar-refractivity contribution in [2.24, 2.45) is 0 Å². The molecule has 1 amide bonds. The van der Waals surface area contributed by atoms with Gasteiger partial charge >= 0.3 is 0 Å². The predicted molar refractivity (Wildman–Crippen MR) is 73.7 cm³/mol. The Morgan fingerprint density at radius 3 is 2.42 bits per heavy atom. The van der Waals surface area contributed by atoms with Crippen LogP contribution in [0.4, 0.5) is 10.1 Å². The number of hydrogen-bond donors (Lipinski definition) is 1. The van der Waals surface area contributed by atoms with Gasteiger partial charge in [0.1, 0.15) is 5.82 Å². The Hall–Kier alpha value is -1.62. The van der Waals surface area contributed by atoms with Gasteiger partial charge in [0.15, 0.2) is 0 Å². The van der Waals surface area contributed by atoms with Crippen LogP contribution in [0.3, 0.4) is 0 Å². The molecule has 1 aromatic carbocycles. The van der Waals surface area contributed by atoms with Crippen molar-refractivity contribution in [3.8, 4) is 0 Å². The first-order valence-corrected chi connectivity index (χ1v) is 6.62. The highest BCUT2D eigenvalue weighted by Gasteiger charge is 2.16. The van der Waals surface area contributed by atoms with Gasteiger partial charge in [0.25, 0.3) is 0 Å². The van der Waals surface area contributed by atoms with E-state index >= 15 is 0 Å². The Morgan fingerprint density at radius 2 is 1.84 bits per heavy atom. The minimum absolute atomic E-state index is 0.0185. The molecule has 0 atom stereocenters. The fourth-order valence-corrected chi connectivity index (χ4v) is 2.27. The molecule has 0 aromatic heterocycles. The molecule has 0 aliphatic carbocycles. The molecule has 0 radical (unpaired) electrons. The second kappa shape index (κ2) is 6.52. The molecule has 1 heterocycles. The lowest BCUT2D eigenvalue weighted by Gasteiger charge is -2.36. The van der Waals surface area contributed by atoms with E-state index in [0.717, 1.165) is 38.4 Å². The lowest BCUT2D eigenvalue weighted by molar-refractivity contribution is -0.119. The summed E-state index contributed by atoms with van der Waals surface area (Å²) >= 11 is 0. The lowest BCUT2D eigenvalue weighted by Crippen LogP contribution is -2.48. The maximum Gasteiger partial charge on any atom is 0.216 e. The van der Waals surface area contributed by atoms with E-state index in [1.165, 1.54) is 19.1 Å². The van der Waals surface area contributed by atoms with E-state index in [4.69, 9.17) is 0 Å². The van der Waals surface area contributed by atoms with Crippen molar-refractivity contribution in [2.45, 2.75) is 6.92 Å². The number of carbonyl (C=O) groups is 1. The van der Waals surface area contributed by atoms with Crippen molar-refractivity contribution in [1.29, 1.82) is 0 Å². The molecule has 1 aliphatic rings. The summed E-state index contributed by atoms with van der Waals surface area (Å²) in [5, 5.41) is 2.81. The van der Waals surface area contributed by atoms with E-state index in [1.807, 2.05) is 12.1 Å². The minimum atomic E-state index is -0.197. The molecular formula is C14H20FN3O. The van der Waals surface area contributed by atoms with Gasteiger partial charge in [-0.3, -0.25) is 9.69 Å². The molecule has 4 nitrogen and oxygen atoms in total. The molecule has 0 spiro atoms. The molecule has 0 unspecified atom stereocenters. The van der Waals surface area contributed by atoms with Crippen molar-refractivity contribution in [2.75, 3.05) is 44.2 Å². The molecule has 1 aliphatic heterocycles. The van der Waals surface area contributed by atoms with Crippen LogP contribution in [0.5, 0.6) is 0 Å². The third kappa shape index (κ3) is 4.21. The highest BCUT2D eigenvalue weighted by molar-refractivity contribution is 5.72. The van der Waals surface area contributed by atoms with Crippen LogP contribution in [0, 0.1) is 5.82 Å². The number of piperazine rings is 1. The van der Waals surface area contributed by atoms with E-state index in [1.54, 1.807) is 0 Å². The Bertz CT molecular complexity index is 413. The van der Waals surface area contributed by atoms with E-state index < -0.39 is 0 Å². The second-order valence-electron chi connectivity index (χ2n) is 4.79. The topological polar surface area (TPSA) is 35.6 Å². The van der Waals surface area contributed by atoms with E-state index in [-0.39, 0.29) is 11.7 Å². The fourth-order valence-electron chi connectivity index (χ4n) is 2.27. The van der Waals surface area contributed by atoms with Gasteiger partial charge < -0.3 is 10.2 Å². The standard InChI is InChI=1S/C14H20FN3O/c1-12(19)16-6-7-17-8-10-18(11-9-17)14-4-2-13(15)3-5-14/h2-5H,6-11H2,1H3,(H,16,19). The van der Waals surface area contributed by atoms with Gasteiger partial charge in [0, 0.05) is 51.9 Å². The molecule has 0 bridgehead atoms. The monoisotopic (exact) mass is 265 g/mol. The molecule has 19 heavy (non-hydrogen) atoms. The second-order valence-corrected chi connectivity index (χ2v) is 4.79. The first-order valence-electron chi connectivity index (χ1n) is 6.62. The normalized spacial score (nSPS) is 16.4. The summed E-state index contributed by atoms with van der Waals surface area (Å²) in [5.74, 6) is -0.178. The van der Waals surface area contributed by atoms with Crippen LogP contribution in [-0.2, 0) is 4.79 Å². The van der Waals surface area contributed by atoms with Crippen molar-refractivity contribution in [3.05, 3.63) is 30.1 Å². The molecule has 1 fully saturated rings. The number of rotatable bonds is 4. The summed E-state index contributed by atoms with van der Waals surface area (Å²) in [4.78, 5) is 15.4. The van der Waals surface area contributed by atoms with Gasteiger partial charge in [-0.1, -0.05) is 0 Å². The average molecular weight is 265 g/mol. The average Bonchev–Trinajstić information content (AvgIpc) is 2.40. The van der Waals surface area contributed by atoms with Gasteiger partial charge in [-0.25, -0.2) is 4.39 Å². The number of nitrogens with one attached hydrogen (secondary N) is 1. The molecule has 104 valence electrons. The van der Waals surface area contributed by atoms with Crippen LogP contribution in [0.2, 0.25) is 0 Å². The Morgan fingerprint density at radius 1 is 1.21 bits per heavy atom. The van der Waals surface area contributed by atoms with Crippen molar-refractivity contribution < 1.29 is 9.18 Å². The number of carbonyl (C=O) groups excluding carboxylic acids is 1. The summed E-state index contributed by atoms with van der Waals surface area (Å²) in [5.41, 5.74) is 1.07. The number of hydrogen-bond acceptors (Lipinski definition) is 3. The smallest absolute Gasteiger partial charge is 0.216 e. The molecule has 2 rings (SSSR count). The number of halogens is 1. The zero-order valence-electron chi connectivity index (χ0n) is 11.2. The number of nitrogens with zero attached hydrogens (tertiary/aromatic N) is 2. The van der Waals surface area contributed by atoms with Crippen LogP contribution in [0.25, 0.3) is 0 Å². The van der Waals surface area contributed by atoms with Gasteiger partial charge in [0.2, 0.25) is 5.91 Å². The molecule has 0 saturated carbocycles. The lowest BCUT2D eigenvalue weighted by atomic mass is 10.2. The maximum absolute atomic E-state index is 12.9. The van der Waals surface area contributed by atoms with Crippen molar-refractivity contribution >= 4 is 11.6 Å². The van der Waals surface area contributed by atoms with Gasteiger partial charge in [-0.05, 0) is 24.3 Å². The third-order valence-corrected chi connectivity index (χ3v) is 3.37. The highest BCUT2D eigenvalue weighted by Crippen LogP contribution is 2.16. The van der Waals surface area contributed by atoms with Crippen LogP contribution >= 0.6 is 0 Å². The number of benzene rings is 1. The first-order chi connectivity index (χ1) is 9.15. The summed E-state index contributed by atoms with van der Waals surface area (Å²) in [7, 11) is 0. The quantitative estimate of drug-likeness (QED) is 0.885. The number of amides is 1. The zero-order chi connectivity index (χ0) is 13.7. The fraction of sp³-hybridized carbons (Fsp3) is 0.500. The van der Waals surface area contributed by atoms with E-state index in [9.17, 15) is 9.18 Å².